The molecule has 2 aromatic carbocycles. The molecule has 0 saturated carbocycles. The molecule has 1 aliphatic heterocycles. The second kappa shape index (κ2) is 11.9. The van der Waals surface area contributed by atoms with Crippen molar-refractivity contribution in [3.8, 4) is 17.0 Å². The summed E-state index contributed by atoms with van der Waals surface area (Å²) in [5, 5.41) is 5.05. The van der Waals surface area contributed by atoms with Crippen molar-refractivity contribution in [2.75, 3.05) is 25.1 Å². The minimum absolute atomic E-state index is 0.452. The number of methoxy groups -OCH3 is 1. The number of nitrogens with zero attached hydrogens (tertiary/aromatic N) is 4. The van der Waals surface area contributed by atoms with Gasteiger partial charge in [-0.25, -0.2) is 9.78 Å². The Bertz CT molecular complexity index is 1500. The number of aromatic nitrogens is 3. The zero-order valence-corrected chi connectivity index (χ0v) is 24.9. The first-order chi connectivity index (χ1) is 19.6. The first-order valence-electron chi connectivity index (χ1n) is 14.3. The number of carbonyl (C=O) groups excluding carboxylic acids is 1. The molecular formula is C33H40N4O4. The molecule has 8 heteroatoms. The standard InChI is InChI=1S/C33H40N4O4/c1-22-15-17-36(18-16-22)31-29(30(32(38)39-6)41-33(3,4)5)23(2)34-28-20-27(35-37(28)31)25-13-10-14-26(19-25)40-21-24-11-8-7-9-12-24/h7-14,19-20,22,30H,15-18,21H2,1-6H3. The number of carbonyl (C=O) groups is 1. The van der Waals surface area contributed by atoms with Gasteiger partial charge in [0.2, 0.25) is 0 Å². The summed E-state index contributed by atoms with van der Waals surface area (Å²) in [5.74, 6) is 1.79. The number of hydrogen-bond donors (Lipinski definition) is 0. The third-order valence-corrected chi connectivity index (χ3v) is 7.41. The summed E-state index contributed by atoms with van der Waals surface area (Å²) in [6, 6.07) is 20.0. The Morgan fingerprint density at radius 1 is 1.05 bits per heavy atom. The molecular weight excluding hydrogens is 516 g/mol. The minimum Gasteiger partial charge on any atom is -0.489 e. The van der Waals surface area contributed by atoms with E-state index in [-0.39, 0.29) is 0 Å². The lowest BCUT2D eigenvalue weighted by Crippen LogP contribution is -2.37. The van der Waals surface area contributed by atoms with Gasteiger partial charge < -0.3 is 19.1 Å². The van der Waals surface area contributed by atoms with Crippen LogP contribution in [-0.2, 0) is 20.9 Å². The van der Waals surface area contributed by atoms with E-state index in [0.717, 1.165) is 60.0 Å². The van der Waals surface area contributed by atoms with Crippen LogP contribution in [0.15, 0.2) is 60.7 Å². The van der Waals surface area contributed by atoms with Crippen LogP contribution in [-0.4, -0.2) is 46.4 Å². The van der Waals surface area contributed by atoms with Gasteiger partial charge in [0, 0.05) is 30.4 Å². The molecule has 3 heterocycles. The Morgan fingerprint density at radius 3 is 2.46 bits per heavy atom. The molecule has 2 aromatic heterocycles. The number of ether oxygens (including phenoxy) is 3. The van der Waals surface area contributed by atoms with Crippen LogP contribution in [0.2, 0.25) is 0 Å². The molecule has 0 radical (unpaired) electrons. The van der Waals surface area contributed by atoms with Gasteiger partial charge in [0.25, 0.3) is 0 Å². The Balaban J connectivity index is 1.59. The molecule has 0 amide bonds. The molecule has 0 bridgehead atoms. The van der Waals surface area contributed by atoms with Crippen molar-refractivity contribution in [3.05, 3.63) is 77.5 Å². The maximum absolute atomic E-state index is 13.2. The minimum atomic E-state index is -0.936. The zero-order valence-electron chi connectivity index (χ0n) is 24.9. The van der Waals surface area contributed by atoms with Crippen molar-refractivity contribution in [3.63, 3.8) is 0 Å². The molecule has 0 N–H and O–H groups in total. The second-order valence-corrected chi connectivity index (χ2v) is 11.8. The molecule has 4 aromatic rings. The largest absolute Gasteiger partial charge is 0.489 e. The number of piperidine rings is 1. The molecule has 0 aliphatic carbocycles. The van der Waals surface area contributed by atoms with Crippen molar-refractivity contribution < 1.29 is 19.0 Å². The maximum atomic E-state index is 13.2. The molecule has 0 spiro atoms. The molecule has 1 fully saturated rings. The molecule has 1 saturated heterocycles. The van der Waals surface area contributed by atoms with E-state index in [2.05, 4.69) is 11.8 Å². The van der Waals surface area contributed by atoms with Gasteiger partial charge in [-0.1, -0.05) is 49.4 Å². The van der Waals surface area contributed by atoms with Crippen molar-refractivity contribution in [1.29, 1.82) is 0 Å². The Labute approximate surface area is 242 Å². The van der Waals surface area contributed by atoms with E-state index in [0.29, 0.717) is 23.7 Å². The number of esters is 1. The normalized spacial score (nSPS) is 15.2. The number of fused-ring (bicyclic) bond motifs is 1. The topological polar surface area (TPSA) is 78.2 Å². The van der Waals surface area contributed by atoms with Crippen LogP contribution in [0.4, 0.5) is 5.82 Å². The number of hydrogen-bond acceptors (Lipinski definition) is 7. The van der Waals surface area contributed by atoms with Gasteiger partial charge in [0.1, 0.15) is 18.2 Å². The summed E-state index contributed by atoms with van der Waals surface area (Å²) in [4.78, 5) is 20.4. The summed E-state index contributed by atoms with van der Waals surface area (Å²) in [6.07, 6.45) is 1.18. The van der Waals surface area contributed by atoms with E-state index in [9.17, 15) is 4.79 Å². The highest BCUT2D eigenvalue weighted by atomic mass is 16.6. The first kappa shape index (κ1) is 28.6. The predicted octanol–water partition coefficient (Wildman–Crippen LogP) is 6.55. The lowest BCUT2D eigenvalue weighted by Gasteiger charge is -2.35. The number of benzene rings is 2. The third-order valence-electron chi connectivity index (χ3n) is 7.41. The lowest BCUT2D eigenvalue weighted by atomic mass is 9.98. The molecule has 1 aliphatic rings. The van der Waals surface area contributed by atoms with Gasteiger partial charge in [-0.05, 0) is 64.2 Å². The van der Waals surface area contributed by atoms with Crippen LogP contribution in [0.1, 0.15) is 63.5 Å². The summed E-state index contributed by atoms with van der Waals surface area (Å²) in [6.45, 7) is 12.2. The SMILES string of the molecule is COC(=O)C(OC(C)(C)C)c1c(C)nc2cc(-c3cccc(OCc4ccccc4)c3)nn2c1N1CCC(C)CC1. The molecule has 8 nitrogen and oxygen atoms in total. The quantitative estimate of drug-likeness (QED) is 0.228. The number of aryl methyl sites for hydroxylation is 1. The monoisotopic (exact) mass is 556 g/mol. The summed E-state index contributed by atoms with van der Waals surface area (Å²) < 4.78 is 19.5. The van der Waals surface area contributed by atoms with Gasteiger partial charge >= 0.3 is 5.97 Å². The second-order valence-electron chi connectivity index (χ2n) is 11.8. The van der Waals surface area contributed by atoms with Crippen LogP contribution in [0.5, 0.6) is 5.75 Å². The third kappa shape index (κ3) is 6.54. The van der Waals surface area contributed by atoms with Gasteiger partial charge in [0.15, 0.2) is 11.8 Å². The maximum Gasteiger partial charge on any atom is 0.339 e. The average molecular weight is 557 g/mol. The van der Waals surface area contributed by atoms with E-state index in [1.807, 2.05) is 92.9 Å². The van der Waals surface area contributed by atoms with Crippen molar-refractivity contribution in [2.24, 2.45) is 5.92 Å². The number of rotatable bonds is 8. The molecule has 41 heavy (non-hydrogen) atoms. The average Bonchev–Trinajstić information content (AvgIpc) is 3.38. The fraction of sp³-hybridized carbons (Fsp3) is 0.424. The van der Waals surface area contributed by atoms with Crippen molar-refractivity contribution >= 4 is 17.4 Å². The van der Waals surface area contributed by atoms with E-state index in [1.54, 1.807) is 0 Å². The smallest absolute Gasteiger partial charge is 0.339 e. The fourth-order valence-corrected chi connectivity index (χ4v) is 5.26. The highest BCUT2D eigenvalue weighted by molar-refractivity contribution is 5.80. The van der Waals surface area contributed by atoms with E-state index in [4.69, 9.17) is 24.3 Å². The predicted molar refractivity (Wildman–Crippen MR) is 160 cm³/mol. The summed E-state index contributed by atoms with van der Waals surface area (Å²) >= 11 is 0. The van der Waals surface area contributed by atoms with Crippen LogP contribution >= 0.6 is 0 Å². The molecule has 5 rings (SSSR count). The summed E-state index contributed by atoms with van der Waals surface area (Å²) in [7, 11) is 1.39. The van der Waals surface area contributed by atoms with Gasteiger partial charge in [-0.15, -0.1) is 0 Å². The van der Waals surface area contributed by atoms with Gasteiger partial charge in [-0.2, -0.15) is 9.61 Å². The highest BCUT2D eigenvalue weighted by Gasteiger charge is 2.36. The summed E-state index contributed by atoms with van der Waals surface area (Å²) in [5.41, 5.74) is 4.36. The van der Waals surface area contributed by atoms with Crippen molar-refractivity contribution in [2.45, 2.75) is 65.8 Å². The van der Waals surface area contributed by atoms with Crippen LogP contribution in [0.3, 0.4) is 0 Å². The van der Waals surface area contributed by atoms with Crippen LogP contribution in [0, 0.1) is 12.8 Å². The molecule has 1 atom stereocenters. The Morgan fingerprint density at radius 2 is 1.78 bits per heavy atom. The zero-order chi connectivity index (χ0) is 29.1. The first-order valence-corrected chi connectivity index (χ1v) is 14.3. The van der Waals surface area contributed by atoms with E-state index < -0.39 is 17.7 Å². The highest BCUT2D eigenvalue weighted by Crippen LogP contribution is 2.37. The molecule has 216 valence electrons. The van der Waals surface area contributed by atoms with Crippen LogP contribution < -0.4 is 9.64 Å². The number of anilines is 1. The van der Waals surface area contributed by atoms with Crippen LogP contribution in [0.25, 0.3) is 16.9 Å². The Hall–Kier alpha value is -3.91. The van der Waals surface area contributed by atoms with Gasteiger partial charge in [0.05, 0.1) is 24.0 Å². The fourth-order valence-electron chi connectivity index (χ4n) is 5.26. The van der Waals surface area contributed by atoms with E-state index >= 15 is 0 Å². The van der Waals surface area contributed by atoms with E-state index in [1.165, 1.54) is 7.11 Å². The Kier molecular flexibility index (Phi) is 8.31. The van der Waals surface area contributed by atoms with Gasteiger partial charge in [-0.3, -0.25) is 0 Å². The lowest BCUT2D eigenvalue weighted by molar-refractivity contribution is -0.164. The van der Waals surface area contributed by atoms with Crippen molar-refractivity contribution in [1.82, 2.24) is 14.6 Å². The molecule has 1 unspecified atom stereocenters.